The molecule has 0 saturated carbocycles. The maximum atomic E-state index is 12.4. The maximum absolute atomic E-state index is 12.4. The van der Waals surface area contributed by atoms with Gasteiger partial charge in [-0.15, -0.1) is 0 Å². The van der Waals surface area contributed by atoms with E-state index in [1.165, 1.54) is 38.3 Å². The molecule has 29 heavy (non-hydrogen) atoms. The van der Waals surface area contributed by atoms with Crippen LogP contribution in [-0.4, -0.2) is 39.9 Å². The van der Waals surface area contributed by atoms with Crippen LogP contribution in [0.25, 0.3) is 0 Å². The van der Waals surface area contributed by atoms with Crippen LogP contribution in [0.5, 0.6) is 5.75 Å². The molecule has 156 valence electrons. The van der Waals surface area contributed by atoms with E-state index >= 15 is 0 Å². The largest absolute Gasteiger partial charge is 0.497 e. The molecule has 0 spiro atoms. The van der Waals surface area contributed by atoms with E-state index in [9.17, 15) is 18.0 Å². The first-order valence-corrected chi connectivity index (χ1v) is 10.4. The Morgan fingerprint density at radius 3 is 2.17 bits per heavy atom. The summed E-state index contributed by atoms with van der Waals surface area (Å²) in [6.07, 6.45) is 0. The predicted molar refractivity (Wildman–Crippen MR) is 110 cm³/mol. The average molecular weight is 420 g/mol. The summed E-state index contributed by atoms with van der Waals surface area (Å²) in [5.41, 5.74) is 2.51. The molecule has 2 rings (SSSR count). The lowest BCUT2D eigenvalue weighted by Crippen LogP contribution is -2.46. The fourth-order valence-electron chi connectivity index (χ4n) is 2.62. The number of carbonyl (C=O) groups is 2. The number of hydrogen-bond acceptors (Lipinski definition) is 5. The molecule has 0 saturated heterocycles. The molecule has 1 atom stereocenters. The van der Waals surface area contributed by atoms with Crippen LogP contribution in [-0.2, 0) is 19.6 Å². The molecule has 2 aromatic rings. The van der Waals surface area contributed by atoms with E-state index in [0.717, 1.165) is 11.1 Å². The van der Waals surface area contributed by atoms with Gasteiger partial charge in [-0.25, -0.2) is 8.42 Å². The average Bonchev–Trinajstić information content (AvgIpc) is 2.68. The molecule has 0 bridgehead atoms. The van der Waals surface area contributed by atoms with Crippen molar-refractivity contribution in [3.63, 3.8) is 0 Å². The summed E-state index contributed by atoms with van der Waals surface area (Å²) in [5.74, 6) is -0.496. The van der Waals surface area contributed by atoms with E-state index < -0.39 is 27.9 Å². The highest BCUT2D eigenvalue weighted by atomic mass is 32.2. The Labute approximate surface area is 170 Å². The maximum Gasteiger partial charge on any atom is 0.243 e. The minimum absolute atomic E-state index is 0.00530. The molecule has 3 N–H and O–H groups in total. The Morgan fingerprint density at radius 2 is 1.62 bits per heavy atom. The zero-order valence-corrected chi connectivity index (χ0v) is 17.6. The van der Waals surface area contributed by atoms with Crippen LogP contribution in [0.15, 0.2) is 47.4 Å². The molecular weight excluding hydrogens is 394 g/mol. The Bertz CT molecular complexity index is 967. The first kappa shape index (κ1) is 22.4. The number of amides is 2. The molecule has 2 aromatic carbocycles. The van der Waals surface area contributed by atoms with Crippen molar-refractivity contribution in [3.05, 3.63) is 53.6 Å². The zero-order chi connectivity index (χ0) is 21.6. The topological polar surface area (TPSA) is 114 Å². The second-order valence-corrected chi connectivity index (χ2v) is 8.27. The molecule has 0 unspecified atom stereocenters. The minimum Gasteiger partial charge on any atom is -0.497 e. The van der Waals surface area contributed by atoms with Gasteiger partial charge in [0.1, 0.15) is 5.75 Å². The van der Waals surface area contributed by atoms with Crippen LogP contribution in [0.1, 0.15) is 18.1 Å². The summed E-state index contributed by atoms with van der Waals surface area (Å²) in [6, 6.07) is 10.4. The van der Waals surface area contributed by atoms with E-state index in [1.54, 1.807) is 0 Å². The lowest BCUT2D eigenvalue weighted by atomic mass is 10.1. The van der Waals surface area contributed by atoms with Crippen molar-refractivity contribution in [1.82, 2.24) is 10.0 Å². The number of methoxy groups -OCH3 is 1. The lowest BCUT2D eigenvalue weighted by Gasteiger charge is -2.15. The SMILES string of the molecule is COc1ccc(S(=O)(=O)N[C@@H](C)C(=O)NCC(=O)Nc2c(C)cccc2C)cc1. The van der Waals surface area contributed by atoms with Crippen molar-refractivity contribution >= 4 is 27.5 Å². The third-order valence-corrected chi connectivity index (χ3v) is 5.82. The van der Waals surface area contributed by atoms with Gasteiger partial charge in [0.05, 0.1) is 24.6 Å². The quantitative estimate of drug-likeness (QED) is 0.603. The Hall–Kier alpha value is -2.91. The van der Waals surface area contributed by atoms with Gasteiger partial charge in [-0.05, 0) is 56.2 Å². The molecule has 2 amide bonds. The number of benzene rings is 2. The van der Waals surface area contributed by atoms with Gasteiger partial charge < -0.3 is 15.4 Å². The molecule has 0 heterocycles. The third kappa shape index (κ3) is 6.03. The van der Waals surface area contributed by atoms with Crippen molar-refractivity contribution in [3.8, 4) is 5.75 Å². The molecule has 0 fully saturated rings. The molecule has 0 aliphatic heterocycles. The summed E-state index contributed by atoms with van der Waals surface area (Å²) in [4.78, 5) is 24.3. The molecule has 0 radical (unpaired) electrons. The monoisotopic (exact) mass is 419 g/mol. The van der Waals surface area contributed by atoms with Gasteiger partial charge in [-0.3, -0.25) is 9.59 Å². The molecule has 8 nitrogen and oxygen atoms in total. The van der Waals surface area contributed by atoms with Crippen LogP contribution < -0.4 is 20.1 Å². The standard InChI is InChI=1S/C20H25N3O5S/c1-13-6-5-7-14(2)19(13)22-18(24)12-21-20(25)15(3)23-29(26,27)17-10-8-16(28-4)9-11-17/h5-11,15,23H,12H2,1-4H3,(H,21,25)(H,22,24)/t15-/m0/s1. The summed E-state index contributed by atoms with van der Waals surface area (Å²) < 4.78 is 32.1. The number of para-hydroxylation sites is 1. The van der Waals surface area contributed by atoms with E-state index in [4.69, 9.17) is 4.74 Å². The summed E-state index contributed by atoms with van der Waals surface area (Å²) in [7, 11) is -2.42. The Kier molecular flexibility index (Phi) is 7.35. The highest BCUT2D eigenvalue weighted by Gasteiger charge is 2.22. The minimum atomic E-state index is -3.89. The van der Waals surface area contributed by atoms with Crippen molar-refractivity contribution in [2.75, 3.05) is 19.0 Å². The molecule has 9 heteroatoms. The highest BCUT2D eigenvalue weighted by molar-refractivity contribution is 7.89. The third-order valence-electron chi connectivity index (χ3n) is 4.26. The summed E-state index contributed by atoms with van der Waals surface area (Å²) >= 11 is 0. The smallest absolute Gasteiger partial charge is 0.243 e. The van der Waals surface area contributed by atoms with Gasteiger partial charge in [0.2, 0.25) is 21.8 Å². The van der Waals surface area contributed by atoms with Gasteiger partial charge in [0.15, 0.2) is 0 Å². The first-order valence-electron chi connectivity index (χ1n) is 8.94. The van der Waals surface area contributed by atoms with Crippen molar-refractivity contribution in [2.45, 2.75) is 31.7 Å². The number of carbonyl (C=O) groups excluding carboxylic acids is 2. The molecule has 0 aliphatic carbocycles. The molecule has 0 aliphatic rings. The Balaban J connectivity index is 1.92. The predicted octanol–water partition coefficient (Wildman–Crippen LogP) is 1.73. The normalized spacial score (nSPS) is 12.1. The lowest BCUT2D eigenvalue weighted by molar-refractivity contribution is -0.125. The number of hydrogen-bond donors (Lipinski definition) is 3. The second kappa shape index (κ2) is 9.53. The number of anilines is 1. The first-order chi connectivity index (χ1) is 13.6. The Morgan fingerprint density at radius 1 is 1.03 bits per heavy atom. The van der Waals surface area contributed by atoms with Crippen LogP contribution in [0.2, 0.25) is 0 Å². The van der Waals surface area contributed by atoms with Gasteiger partial charge in [-0.1, -0.05) is 18.2 Å². The van der Waals surface area contributed by atoms with Gasteiger partial charge >= 0.3 is 0 Å². The van der Waals surface area contributed by atoms with E-state index in [1.807, 2.05) is 32.0 Å². The van der Waals surface area contributed by atoms with Crippen LogP contribution in [0.4, 0.5) is 5.69 Å². The van der Waals surface area contributed by atoms with Crippen LogP contribution >= 0.6 is 0 Å². The van der Waals surface area contributed by atoms with Crippen LogP contribution in [0.3, 0.4) is 0 Å². The van der Waals surface area contributed by atoms with Crippen molar-refractivity contribution in [2.24, 2.45) is 0 Å². The van der Waals surface area contributed by atoms with E-state index in [-0.39, 0.29) is 11.4 Å². The van der Waals surface area contributed by atoms with Crippen molar-refractivity contribution in [1.29, 1.82) is 0 Å². The van der Waals surface area contributed by atoms with Crippen LogP contribution in [0, 0.1) is 13.8 Å². The van der Waals surface area contributed by atoms with E-state index in [2.05, 4.69) is 15.4 Å². The summed E-state index contributed by atoms with van der Waals surface area (Å²) in [6.45, 7) is 4.87. The number of rotatable bonds is 8. The molecular formula is C20H25N3O5S. The van der Waals surface area contributed by atoms with E-state index in [0.29, 0.717) is 11.4 Å². The fourth-order valence-corrected chi connectivity index (χ4v) is 3.83. The van der Waals surface area contributed by atoms with Gasteiger partial charge in [0.25, 0.3) is 0 Å². The molecule has 0 aromatic heterocycles. The second-order valence-electron chi connectivity index (χ2n) is 6.55. The zero-order valence-electron chi connectivity index (χ0n) is 16.8. The number of ether oxygens (including phenoxy) is 1. The van der Waals surface area contributed by atoms with Crippen molar-refractivity contribution < 1.29 is 22.7 Å². The van der Waals surface area contributed by atoms with Gasteiger partial charge in [0, 0.05) is 5.69 Å². The van der Waals surface area contributed by atoms with Gasteiger partial charge in [-0.2, -0.15) is 4.72 Å². The highest BCUT2D eigenvalue weighted by Crippen LogP contribution is 2.19. The number of aryl methyl sites for hydroxylation is 2. The fraction of sp³-hybridized carbons (Fsp3) is 0.300. The number of sulfonamides is 1. The number of nitrogens with one attached hydrogen (secondary N) is 3. The summed E-state index contributed by atoms with van der Waals surface area (Å²) in [5, 5.41) is 5.19.